The van der Waals surface area contributed by atoms with Crippen molar-refractivity contribution in [1.82, 2.24) is 19.5 Å². The lowest BCUT2D eigenvalue weighted by Gasteiger charge is -2.19. The van der Waals surface area contributed by atoms with E-state index in [1.54, 1.807) is 30.5 Å². The van der Waals surface area contributed by atoms with Crippen molar-refractivity contribution in [2.24, 2.45) is 4.72 Å². The molecule has 4 heterocycles. The van der Waals surface area contributed by atoms with Gasteiger partial charge in [-0.25, -0.2) is 31.0 Å². The Morgan fingerprint density at radius 2 is 0.911 bits per heavy atom. The quantitative estimate of drug-likeness (QED) is 0.0753. The van der Waals surface area contributed by atoms with Crippen molar-refractivity contribution >= 4 is 90.3 Å². The molecule has 1 radical (unpaired) electrons. The Morgan fingerprint density at radius 1 is 0.481 bits per heavy atom. The molecule has 14 rings (SSSR count). The first-order valence-electron chi connectivity index (χ1n) is 25.0. The number of imidazole rings is 1. The van der Waals surface area contributed by atoms with E-state index >= 15 is 0 Å². The van der Waals surface area contributed by atoms with E-state index in [9.17, 15) is 26.0 Å². The van der Waals surface area contributed by atoms with Crippen LogP contribution in [-0.4, -0.2) is 48.9 Å². The summed E-state index contributed by atoms with van der Waals surface area (Å²) in [6, 6.07) is 68.9. The number of nitrogens with two attached hydrogens (primary N) is 1. The van der Waals surface area contributed by atoms with E-state index < -0.39 is 44.2 Å². The predicted molar refractivity (Wildman–Crippen MR) is 313 cm³/mol. The van der Waals surface area contributed by atoms with Gasteiger partial charge in [0.15, 0.2) is 23.3 Å². The first-order valence-corrected chi connectivity index (χ1v) is 28.3. The largest absolute Gasteiger partial charge is 0.420 e. The molecule has 79 heavy (non-hydrogen) atoms. The van der Waals surface area contributed by atoms with Gasteiger partial charge in [-0.15, -0.1) is 0 Å². The Bertz CT molecular complexity index is 3940. The number of sulfone groups is 1. The minimum absolute atomic E-state index is 0. The van der Waals surface area contributed by atoms with Crippen molar-refractivity contribution in [2.45, 2.75) is 35.8 Å². The highest BCUT2D eigenvalue weighted by Crippen LogP contribution is 2.36. The average molecular weight is 1090 g/mol. The molecular formula is C65H53AlF4N5O3S. The van der Waals surface area contributed by atoms with Crippen LogP contribution in [0.2, 0.25) is 5.79 Å². The Kier molecular flexibility index (Phi) is 18.4. The zero-order valence-electron chi connectivity index (χ0n) is 43.3. The molecule has 14 heteroatoms. The molecule has 0 spiro atoms. The van der Waals surface area contributed by atoms with Crippen LogP contribution >= 0.6 is 0 Å². The number of aromatic nitrogens is 4. The molecule has 1 aliphatic heterocycles. The van der Waals surface area contributed by atoms with Gasteiger partial charge in [-0.2, -0.15) is 0 Å². The number of halogens is 4. The maximum atomic E-state index is 12.7. The minimum Gasteiger partial charge on any atom is -0.420 e. The number of fused-ring (bicyclic) bond motifs is 12. The Balaban J connectivity index is 0.000000129. The number of rotatable bonds is 1. The van der Waals surface area contributed by atoms with Crippen LogP contribution in [-0.2, 0) is 16.3 Å². The lowest BCUT2D eigenvalue weighted by atomic mass is 9.95. The molecule has 3 aromatic heterocycles. The lowest BCUT2D eigenvalue weighted by Crippen LogP contribution is -2.14. The molecule has 4 N–H and O–H groups in total. The van der Waals surface area contributed by atoms with Crippen molar-refractivity contribution in [2.75, 3.05) is 0 Å². The normalized spacial score (nSPS) is 11.6. The van der Waals surface area contributed by atoms with Crippen LogP contribution in [0.1, 0.15) is 22.3 Å². The summed E-state index contributed by atoms with van der Waals surface area (Å²) in [5, 5.41) is 11.5. The highest BCUT2D eigenvalue weighted by molar-refractivity contribution is 7.91. The van der Waals surface area contributed by atoms with Gasteiger partial charge >= 0.3 is 15.4 Å². The SMILES string of the molecule is Cc1c(F)c(F)c(C)c(F)c1F.O.O=S1(=O)c2ccccc2Cc2ccccc21.[CH3][Al][NH2].c1ccc(-n2cnc3ccccc32)cc1.c1ccc2c(c1)c1ccccc1c1ccccc21.c1cnc2c(c1)ccc1ccncc12. The maximum Gasteiger partial charge on any atom is 0.313 e. The third-order valence-electron chi connectivity index (χ3n) is 13.1. The molecule has 0 saturated carbocycles. The molecule has 0 amide bonds. The van der Waals surface area contributed by atoms with E-state index in [1.807, 2.05) is 97.3 Å². The number of hydrogen-bond acceptors (Lipinski definition) is 6. The number of para-hydroxylation sites is 3. The van der Waals surface area contributed by atoms with E-state index in [2.05, 4.69) is 129 Å². The molecule has 8 nitrogen and oxygen atoms in total. The molecule has 0 bridgehead atoms. The fraction of sp³-hybridized carbons (Fsp3) is 0.0615. The fourth-order valence-corrected chi connectivity index (χ4v) is 11.0. The summed E-state index contributed by atoms with van der Waals surface area (Å²) in [6.45, 7) is 1.96. The summed E-state index contributed by atoms with van der Waals surface area (Å²) in [5.74, 6) is -3.32. The third kappa shape index (κ3) is 12.1. The van der Waals surface area contributed by atoms with E-state index in [4.69, 9.17) is 4.72 Å². The van der Waals surface area contributed by atoms with Gasteiger partial charge < -0.3 is 10.2 Å². The topological polar surface area (TPSA) is 135 Å². The van der Waals surface area contributed by atoms with Gasteiger partial charge in [0.05, 0.1) is 26.3 Å². The molecular weight excluding hydrogens is 1030 g/mol. The van der Waals surface area contributed by atoms with Crippen molar-refractivity contribution in [3.05, 3.63) is 277 Å². The first-order chi connectivity index (χ1) is 37.9. The van der Waals surface area contributed by atoms with Gasteiger partial charge in [-0.05, 0) is 111 Å². The Labute approximate surface area is 461 Å². The van der Waals surface area contributed by atoms with E-state index in [-0.39, 0.29) is 20.9 Å². The molecule has 0 saturated heterocycles. The summed E-state index contributed by atoms with van der Waals surface area (Å²) >= 11 is 0.250. The van der Waals surface area contributed by atoms with Gasteiger partial charge in [0.2, 0.25) is 9.84 Å². The van der Waals surface area contributed by atoms with E-state index in [0.717, 1.165) is 58.0 Å². The first kappa shape index (κ1) is 56.6. The molecule has 1 aliphatic rings. The second kappa shape index (κ2) is 25.7. The van der Waals surface area contributed by atoms with Crippen molar-refractivity contribution in [3.8, 4) is 5.69 Å². The number of pyridine rings is 2. The lowest BCUT2D eigenvalue weighted by molar-refractivity contribution is 0.436. The van der Waals surface area contributed by atoms with Gasteiger partial charge in [0.1, 0.15) is 6.33 Å². The van der Waals surface area contributed by atoms with Crippen LogP contribution in [0.15, 0.2) is 241 Å². The summed E-state index contributed by atoms with van der Waals surface area (Å²) in [4.78, 5) is 13.8. The molecule has 0 unspecified atom stereocenters. The van der Waals surface area contributed by atoms with Crippen molar-refractivity contribution in [3.63, 3.8) is 0 Å². The summed E-state index contributed by atoms with van der Waals surface area (Å²) in [6.07, 6.45) is 8.04. The van der Waals surface area contributed by atoms with E-state index in [0.29, 0.717) is 16.2 Å². The highest BCUT2D eigenvalue weighted by Gasteiger charge is 2.28. The zero-order valence-corrected chi connectivity index (χ0v) is 45.3. The standard InChI is InChI=1S/C18H12.C13H10N2.C13H10O2S.C12H8N2.C8H6F4.CH3.Al.H2N.H2O/c1-2-8-14-13(7-1)15-9-3-4-11-17(15)18-12-6-5-10-16(14)18;1-2-6-11(7-3-1)15-10-14-12-8-4-5-9-13(12)15;14-16(15)12-7-3-1-5-10(12)9-11-6-2-4-8-13(11)16;1-2-10-4-3-9-5-7-13-8-11(9)12(10)14-6-1;1-3-5(9)7(11)4(2)8(12)6(3)10;;;;/h1-12H;1-10H;1-8H,9H2;1-8H;1-2H3;1H3;;2*1H2/q;;;;;;+1;-1;. The van der Waals surface area contributed by atoms with Crippen LogP contribution in [0.3, 0.4) is 0 Å². The smallest absolute Gasteiger partial charge is 0.313 e. The van der Waals surface area contributed by atoms with Crippen molar-refractivity contribution in [1.29, 1.82) is 0 Å². The van der Waals surface area contributed by atoms with Gasteiger partial charge in [0, 0.05) is 52.6 Å². The zero-order chi connectivity index (χ0) is 54.8. The second-order valence-corrected chi connectivity index (χ2v) is 20.6. The summed E-state index contributed by atoms with van der Waals surface area (Å²) < 4.78 is 82.2. The number of benzene rings is 10. The molecule has 393 valence electrons. The van der Waals surface area contributed by atoms with Crippen LogP contribution in [0.4, 0.5) is 17.6 Å². The van der Waals surface area contributed by atoms with Crippen LogP contribution in [0.25, 0.3) is 70.7 Å². The predicted octanol–water partition coefficient (Wildman–Crippen LogP) is 15.0. The third-order valence-corrected chi connectivity index (χ3v) is 15.1. The van der Waals surface area contributed by atoms with Gasteiger partial charge in [-0.1, -0.05) is 164 Å². The monoisotopic (exact) mass is 1090 g/mol. The Hall–Kier alpha value is -8.61. The maximum absolute atomic E-state index is 12.7. The summed E-state index contributed by atoms with van der Waals surface area (Å²) in [5.41, 5.74) is 4.86. The van der Waals surface area contributed by atoms with Gasteiger partial charge in [0.25, 0.3) is 0 Å². The molecule has 0 fully saturated rings. The highest BCUT2D eigenvalue weighted by atomic mass is 32.2. The fourth-order valence-electron chi connectivity index (χ4n) is 9.32. The Morgan fingerprint density at radius 3 is 1.42 bits per heavy atom. The molecule has 13 aromatic rings. The van der Waals surface area contributed by atoms with Crippen LogP contribution < -0.4 is 4.72 Å². The van der Waals surface area contributed by atoms with Crippen LogP contribution in [0.5, 0.6) is 0 Å². The van der Waals surface area contributed by atoms with E-state index in [1.165, 1.54) is 37.7 Å². The van der Waals surface area contributed by atoms with Crippen molar-refractivity contribution < 1.29 is 31.5 Å². The number of hydrogen-bond donors (Lipinski definition) is 1. The molecule has 0 atom stereocenters. The summed E-state index contributed by atoms with van der Waals surface area (Å²) in [7, 11) is -3.30. The van der Waals surface area contributed by atoms with Gasteiger partial charge in [-0.3, -0.25) is 14.5 Å². The minimum atomic E-state index is -3.30. The molecule has 0 aliphatic carbocycles. The average Bonchev–Trinajstić information content (AvgIpc) is 4.14. The second-order valence-electron chi connectivity index (χ2n) is 18.0. The molecule has 10 aromatic carbocycles. The van der Waals surface area contributed by atoms with Crippen LogP contribution in [0, 0.1) is 37.1 Å². The number of nitrogens with zero attached hydrogens (tertiary/aromatic N) is 4.